The molecule has 0 saturated carbocycles. The molecule has 0 bridgehead atoms. The fraction of sp³-hybridized carbons (Fsp3) is 0.316. The summed E-state index contributed by atoms with van der Waals surface area (Å²) >= 11 is 0. The number of anilines is 5. The van der Waals surface area contributed by atoms with Crippen LogP contribution in [0.15, 0.2) is 174 Å². The maximum absolute atomic E-state index is 16.0. The molecule has 6 N–H and O–H groups in total. The number of nitrogens with zero attached hydrogens (tertiary/aromatic N) is 18. The third kappa shape index (κ3) is 17.2. The maximum atomic E-state index is 16.0. The van der Waals surface area contributed by atoms with Crippen LogP contribution in [-0.2, 0) is 14.4 Å². The van der Waals surface area contributed by atoms with Crippen molar-refractivity contribution in [3.05, 3.63) is 253 Å². The van der Waals surface area contributed by atoms with Crippen LogP contribution in [0.3, 0.4) is 0 Å². The number of nitrogen functional groups attached to an aromatic ring is 2. The Morgan fingerprint density at radius 1 is 0.438 bits per heavy atom. The van der Waals surface area contributed by atoms with Crippen molar-refractivity contribution in [1.82, 2.24) is 73.3 Å². The second kappa shape index (κ2) is 36.9. The van der Waals surface area contributed by atoms with Gasteiger partial charge in [-0.2, -0.15) is 15.0 Å². The van der Waals surface area contributed by atoms with Crippen LogP contribution in [-0.4, -0.2) is 189 Å². The van der Waals surface area contributed by atoms with Crippen LogP contribution in [0.2, 0.25) is 0 Å². The average Bonchev–Trinajstić information content (AvgIpc) is 0.738. The van der Waals surface area contributed by atoms with E-state index in [2.05, 4.69) is 59.6 Å². The molecule has 3 aliphatic heterocycles. The van der Waals surface area contributed by atoms with E-state index in [0.29, 0.717) is 101 Å². The van der Waals surface area contributed by atoms with Crippen molar-refractivity contribution in [3.63, 3.8) is 0 Å². The highest BCUT2D eigenvalue weighted by molar-refractivity contribution is 6.00. The number of piperazine rings is 3. The number of nitrogens with two attached hydrogens (primary N) is 2. The molecule has 15 rings (SSSR count). The fourth-order valence-corrected chi connectivity index (χ4v) is 17.4. The topological polar surface area (TPSA) is 379 Å². The smallest absolute Gasteiger partial charge is 0.355 e. The number of benzene rings is 3. The number of pyridine rings is 6. The Morgan fingerprint density at radius 2 is 0.867 bits per heavy atom. The first-order valence-corrected chi connectivity index (χ1v) is 42.0. The summed E-state index contributed by atoms with van der Waals surface area (Å²) in [6.45, 7) is 41.8. The molecule has 30 nitrogen and oxygen atoms in total. The van der Waals surface area contributed by atoms with E-state index < -0.39 is 46.5 Å². The molecule has 3 aromatic carbocycles. The van der Waals surface area contributed by atoms with Gasteiger partial charge in [-0.05, 0) is 182 Å². The first-order valence-electron chi connectivity index (χ1n) is 42.0. The Bertz CT molecular complexity index is 6680. The first kappa shape index (κ1) is 91.0. The van der Waals surface area contributed by atoms with Gasteiger partial charge in [0.1, 0.15) is 46.3 Å². The number of carbonyl (C=O) groups is 5. The van der Waals surface area contributed by atoms with E-state index in [1.165, 1.54) is 80.5 Å². The van der Waals surface area contributed by atoms with Gasteiger partial charge in [0.05, 0.1) is 72.7 Å². The van der Waals surface area contributed by atoms with Gasteiger partial charge in [0.15, 0.2) is 22.8 Å². The zero-order valence-corrected chi connectivity index (χ0v) is 73.8. The van der Waals surface area contributed by atoms with Gasteiger partial charge in [-0.25, -0.2) is 70.8 Å². The van der Waals surface area contributed by atoms with Gasteiger partial charge in [-0.1, -0.05) is 104 Å². The molecule has 0 radical (unpaired) electrons. The van der Waals surface area contributed by atoms with Gasteiger partial charge in [-0.15, -0.1) is 0 Å². The summed E-state index contributed by atoms with van der Waals surface area (Å²) in [4.78, 5) is 156. The molecule has 9 aromatic heterocycles. The minimum absolute atomic E-state index is 0.00668. The quantitative estimate of drug-likeness (QED) is 0.0486. The van der Waals surface area contributed by atoms with Gasteiger partial charge < -0.3 is 51.1 Å². The zero-order chi connectivity index (χ0) is 92.8. The lowest BCUT2D eigenvalue weighted by atomic mass is 10.0. The number of aryl methyl sites for hydroxylation is 3. The lowest BCUT2D eigenvalue weighted by Crippen LogP contribution is -2.58. The van der Waals surface area contributed by atoms with Crippen LogP contribution in [0.4, 0.5) is 42.1 Å². The summed E-state index contributed by atoms with van der Waals surface area (Å²) in [5, 5.41) is 20.8. The van der Waals surface area contributed by atoms with Crippen molar-refractivity contribution in [1.29, 1.82) is 0 Å². The van der Waals surface area contributed by atoms with E-state index in [0.717, 1.165) is 16.8 Å². The molecular formula is C95H101F3N20O10. The van der Waals surface area contributed by atoms with Crippen LogP contribution in [0.1, 0.15) is 155 Å². The summed E-state index contributed by atoms with van der Waals surface area (Å²) in [7, 11) is 0. The Morgan fingerprint density at radius 3 is 1.34 bits per heavy atom. The van der Waals surface area contributed by atoms with Gasteiger partial charge >= 0.3 is 29.0 Å². The van der Waals surface area contributed by atoms with E-state index >= 15 is 13.2 Å². The zero-order valence-electron chi connectivity index (χ0n) is 73.8. The number of fused-ring (bicyclic) bond motifs is 3. The minimum atomic E-state index is -1.23. The molecule has 3 fully saturated rings. The van der Waals surface area contributed by atoms with Gasteiger partial charge in [-0.3, -0.25) is 24.4 Å². The molecule has 0 aliphatic carbocycles. The highest BCUT2D eigenvalue weighted by Crippen LogP contribution is 2.41. The third-order valence-corrected chi connectivity index (χ3v) is 23.4. The molecule has 3 amide bonds. The number of rotatable bonds is 17. The second-order valence-corrected chi connectivity index (χ2v) is 33.4. The van der Waals surface area contributed by atoms with E-state index in [-0.39, 0.29) is 151 Å². The van der Waals surface area contributed by atoms with Crippen LogP contribution in [0, 0.1) is 38.2 Å². The van der Waals surface area contributed by atoms with E-state index in [1.807, 2.05) is 124 Å². The molecule has 662 valence electrons. The Balaban J connectivity index is 0.000000164. The Labute approximate surface area is 736 Å². The molecule has 6 atom stereocenters. The maximum Gasteiger partial charge on any atom is 0.355 e. The third-order valence-electron chi connectivity index (χ3n) is 23.4. The summed E-state index contributed by atoms with van der Waals surface area (Å²) in [5.74, 6) is -4.24. The molecule has 3 saturated heterocycles. The van der Waals surface area contributed by atoms with Crippen LogP contribution < -0.4 is 43.2 Å². The number of aromatic nitrogens is 12. The molecule has 12 aromatic rings. The lowest BCUT2D eigenvalue weighted by Gasteiger charge is -2.44. The predicted molar refractivity (Wildman–Crippen MR) is 489 cm³/mol. The van der Waals surface area contributed by atoms with Crippen molar-refractivity contribution in [3.8, 4) is 50.8 Å². The van der Waals surface area contributed by atoms with Crippen LogP contribution in [0.5, 0.6) is 0 Å². The summed E-state index contributed by atoms with van der Waals surface area (Å²) in [5.41, 5.74) is 16.6. The van der Waals surface area contributed by atoms with Crippen LogP contribution >= 0.6 is 0 Å². The number of halogens is 3. The number of carboxylic acids is 2. The number of aromatic carboxylic acids is 2. The molecule has 0 spiro atoms. The number of carboxylic acid groups (broad SMARTS) is 2. The molecular weight excluding hydrogens is 1640 g/mol. The van der Waals surface area contributed by atoms with E-state index in [9.17, 15) is 48.6 Å². The normalized spacial score (nSPS) is 17.1. The van der Waals surface area contributed by atoms with Crippen LogP contribution in [0.25, 0.3) is 83.9 Å². The average molecular weight is 1740 g/mol. The van der Waals surface area contributed by atoms with E-state index in [1.54, 1.807) is 82.5 Å². The van der Waals surface area contributed by atoms with Crippen molar-refractivity contribution < 1.29 is 47.4 Å². The Kier molecular flexibility index (Phi) is 26.2. The standard InChI is InChI=1S/C32H33FN6O4.C32H34N6O4.C31H34F2N8O2/c1-7-25(40)37-15-20(6)38(16-19(37)5)29-23-14-24(33)27(21-10-8-9-11-22(21)31(41)42)35-30(23)39(32(43)36-29)28-18(4)12-13-34-26(28)17(2)3;1-7-26(39)36-16-21(6)37(17-20(36)5)29-24-12-13-25(22-10-8-9-11-23(22)31(40)41)34-30(24)38(32(42)35-29)28-19(4)14-15-33-27(28)18(2)3;1-7-24(42)40-17(5)13-39(14-18(40)6)29-19-12-21(33)27(25-20(32)9-8-10-22(25)34)37-30(19)41(31(43)38-29)28-16(4)11-23(35)36-26(28)15(2)3/h7-14,17,19-20H,1,15-16H2,2-6H3,(H,41,42);7-15,18,20-21H,1,16-17H2,2-6H3,(H,40,41);7-12,15,17-18H,1,13-14,34H2,2-6H3,(H2,35,36)/t;;17-,18+. The fourth-order valence-electron chi connectivity index (χ4n) is 17.4. The van der Waals surface area contributed by atoms with Crippen molar-refractivity contribution in [2.75, 3.05) is 65.4 Å². The molecule has 33 heteroatoms. The van der Waals surface area contributed by atoms with Gasteiger partial charge in [0.2, 0.25) is 17.7 Å². The SMILES string of the molecule is C=CC(=O)N1CC(C)N(c2nc(=O)n(-c3c(C)ccnc3C(C)C)c3nc(-c4ccccc4C(=O)O)c(F)cc23)CC1C.C=CC(=O)N1CC(C)N(c2nc(=O)n(-c3c(C)ccnc3C(C)C)c3nc(-c4ccccc4C(=O)O)ccc23)CC1C.C=CC(=O)N1[C@H](C)CN(c2nc(=O)n(-c3c(C)cc(N)nc3C(C)C)c3nc(-c4c(N)cccc4F)c(F)cc23)C[C@@H]1C. The molecule has 12 heterocycles. The minimum Gasteiger partial charge on any atom is -0.478 e. The predicted octanol–water partition coefficient (Wildman–Crippen LogP) is 13.6. The van der Waals surface area contributed by atoms with Crippen molar-refractivity contribution >= 4 is 91.7 Å². The first-order chi connectivity index (χ1) is 60.8. The molecule has 4 unspecified atom stereocenters. The lowest BCUT2D eigenvalue weighted by molar-refractivity contribution is -0.131. The highest BCUT2D eigenvalue weighted by atomic mass is 19.1. The van der Waals surface area contributed by atoms with Crippen molar-refractivity contribution in [2.24, 2.45) is 0 Å². The largest absolute Gasteiger partial charge is 0.478 e. The summed E-state index contributed by atoms with van der Waals surface area (Å²) in [6.07, 6.45) is 7.24. The number of carbonyl (C=O) groups excluding carboxylic acids is 3. The number of amides is 3. The Hall–Kier alpha value is -14.7. The monoisotopic (exact) mass is 1740 g/mol. The van der Waals surface area contributed by atoms with E-state index in [4.69, 9.17) is 16.5 Å². The molecule has 128 heavy (non-hydrogen) atoms. The number of hydrogen-bond acceptors (Lipinski definition) is 22. The van der Waals surface area contributed by atoms with Crippen molar-refractivity contribution in [2.45, 2.75) is 158 Å². The summed E-state index contributed by atoms with van der Waals surface area (Å²) in [6, 6.07) is 26.7. The second-order valence-electron chi connectivity index (χ2n) is 33.4. The molecule has 3 aliphatic rings. The van der Waals surface area contributed by atoms with Gasteiger partial charge in [0, 0.05) is 105 Å². The highest BCUT2D eigenvalue weighted by Gasteiger charge is 2.39. The summed E-state index contributed by atoms with van der Waals surface area (Å²) < 4.78 is 51.1. The number of hydrogen-bond donors (Lipinski definition) is 4. The van der Waals surface area contributed by atoms with Gasteiger partial charge in [0.25, 0.3) is 0 Å².